The second-order valence-corrected chi connectivity index (χ2v) is 10.9. The van der Waals surface area contributed by atoms with E-state index in [4.69, 9.17) is 14.2 Å². The monoisotopic (exact) mass is 490 g/mol. The van der Waals surface area contributed by atoms with Crippen LogP contribution in [0.2, 0.25) is 0 Å². The van der Waals surface area contributed by atoms with E-state index in [1.807, 2.05) is 6.92 Å². The van der Waals surface area contributed by atoms with Gasteiger partial charge in [-0.2, -0.15) is 0 Å². The van der Waals surface area contributed by atoms with E-state index in [1.165, 1.54) is 0 Å². The number of aliphatic hydroxyl groups is 3. The number of aliphatic hydroxyl groups excluding tert-OH is 3. The third kappa shape index (κ3) is 2.65. The lowest BCUT2D eigenvalue weighted by molar-refractivity contribution is -0.282. The van der Waals surface area contributed by atoms with Gasteiger partial charge in [0.15, 0.2) is 22.9 Å². The molecule has 0 radical (unpaired) electrons. The zero-order valence-electron chi connectivity index (χ0n) is 19.9. The van der Waals surface area contributed by atoms with Gasteiger partial charge in [-0.3, -0.25) is 14.4 Å². The van der Waals surface area contributed by atoms with Crippen LogP contribution in [0.15, 0.2) is 24.0 Å². The van der Waals surface area contributed by atoms with Crippen LogP contribution < -0.4 is 0 Å². The van der Waals surface area contributed by atoms with E-state index in [0.717, 1.165) is 13.2 Å². The third-order valence-corrected chi connectivity index (χ3v) is 9.66. The summed E-state index contributed by atoms with van der Waals surface area (Å²) in [7, 11) is 1.12. The number of ether oxygens (including phenoxy) is 3. The molecule has 10 heteroatoms. The molecule has 5 rings (SSSR count). The average Bonchev–Trinajstić information content (AvgIpc) is 3.13. The van der Waals surface area contributed by atoms with Crippen LogP contribution in [-0.2, 0) is 33.4 Å². The van der Waals surface area contributed by atoms with Gasteiger partial charge in [-0.1, -0.05) is 13.5 Å². The van der Waals surface area contributed by atoms with Gasteiger partial charge < -0.3 is 29.5 Å². The molecule has 35 heavy (non-hydrogen) atoms. The Kier molecular flexibility index (Phi) is 5.16. The molecule has 10 atom stereocenters. The molecule has 1 spiro atoms. The summed E-state index contributed by atoms with van der Waals surface area (Å²) in [5.74, 6) is -6.42. The minimum atomic E-state index is -2.09. The Morgan fingerprint density at radius 3 is 2.57 bits per heavy atom. The highest BCUT2D eigenvalue weighted by molar-refractivity contribution is 5.96. The van der Waals surface area contributed by atoms with Crippen molar-refractivity contribution in [2.45, 2.75) is 57.0 Å². The highest BCUT2D eigenvalue weighted by Gasteiger charge is 2.84. The van der Waals surface area contributed by atoms with Gasteiger partial charge in [0.1, 0.15) is 12.2 Å². The number of ketones is 2. The molecular weight excluding hydrogens is 460 g/mol. The van der Waals surface area contributed by atoms with Crippen molar-refractivity contribution in [3.63, 3.8) is 0 Å². The first-order chi connectivity index (χ1) is 16.4. The predicted octanol–water partition coefficient (Wildman–Crippen LogP) is 0.400. The second kappa shape index (κ2) is 7.47. The van der Waals surface area contributed by atoms with Gasteiger partial charge in [0.05, 0.1) is 25.7 Å². The van der Waals surface area contributed by atoms with Crippen LogP contribution in [0, 0.1) is 34.5 Å². The van der Waals surface area contributed by atoms with Gasteiger partial charge in [0.25, 0.3) is 0 Å². The lowest BCUT2D eigenvalue weighted by Crippen LogP contribution is -2.78. The standard InChI is InChI=1S/C25H30O10/c1-5-11(26)6-12-18-24-9-34-25(18,22(32)33-4)20(30)17(29)19(24)23(3)8-14(27)16(28)10(2)13(23)7-15(24)35-21(12)31/h5,12-13,15,17-20,28-30H,1,6-9H2,2-4H3/t12?,13-,15+,17+,18?,19+,20-,23-,24-,25-/m0/s1. The van der Waals surface area contributed by atoms with Crippen molar-refractivity contribution in [2.75, 3.05) is 13.7 Å². The average molecular weight is 491 g/mol. The summed E-state index contributed by atoms with van der Waals surface area (Å²) in [6.45, 7) is 6.78. The summed E-state index contributed by atoms with van der Waals surface area (Å²) < 4.78 is 17.0. The number of carbonyl (C=O) groups is 4. The Balaban J connectivity index is 1.77. The van der Waals surface area contributed by atoms with Crippen molar-refractivity contribution >= 4 is 23.5 Å². The quantitative estimate of drug-likeness (QED) is 0.372. The molecule has 0 amide bonds. The molecule has 5 aliphatic rings. The van der Waals surface area contributed by atoms with Crippen molar-refractivity contribution < 1.29 is 48.7 Å². The maximum atomic E-state index is 13.3. The fourth-order valence-corrected chi connectivity index (χ4v) is 8.43. The minimum Gasteiger partial charge on any atom is -0.504 e. The summed E-state index contributed by atoms with van der Waals surface area (Å²) in [5, 5.41) is 33.5. The highest BCUT2D eigenvalue weighted by Crippen LogP contribution is 2.73. The first kappa shape index (κ1) is 24.1. The van der Waals surface area contributed by atoms with E-state index in [1.54, 1.807) is 6.92 Å². The fraction of sp³-hybridized carbons (Fsp3) is 0.680. The zero-order chi connectivity index (χ0) is 25.7. The first-order valence-corrected chi connectivity index (χ1v) is 11.8. The SMILES string of the molecule is C=CC(=O)CC1C(=O)O[C@@H]2C[C@H]3C(C)=C(O)C(=O)C[C@]3(C)[C@H]3[C@@H](O)[C@H](O)[C@@]4(C(=O)OC)OC[C@]32C14. The first-order valence-electron chi connectivity index (χ1n) is 11.8. The summed E-state index contributed by atoms with van der Waals surface area (Å²) in [4.78, 5) is 51.7. The molecular formula is C25H30O10. The van der Waals surface area contributed by atoms with Gasteiger partial charge in [-0.05, 0) is 36.3 Å². The van der Waals surface area contributed by atoms with Crippen molar-refractivity contribution in [1.29, 1.82) is 0 Å². The molecule has 4 fully saturated rings. The van der Waals surface area contributed by atoms with E-state index < -0.39 is 81.9 Å². The van der Waals surface area contributed by atoms with E-state index in [2.05, 4.69) is 6.58 Å². The smallest absolute Gasteiger partial charge is 0.341 e. The van der Waals surface area contributed by atoms with Crippen molar-refractivity contribution in [3.05, 3.63) is 24.0 Å². The van der Waals surface area contributed by atoms with Crippen LogP contribution in [0.3, 0.4) is 0 Å². The van der Waals surface area contributed by atoms with Crippen LogP contribution in [0.4, 0.5) is 0 Å². The van der Waals surface area contributed by atoms with Crippen LogP contribution >= 0.6 is 0 Å². The maximum Gasteiger partial charge on any atom is 0.341 e. The Morgan fingerprint density at radius 2 is 1.94 bits per heavy atom. The lowest BCUT2D eigenvalue weighted by atomic mass is 9.37. The molecule has 190 valence electrons. The third-order valence-electron chi connectivity index (χ3n) is 9.66. The number of carbonyl (C=O) groups excluding carboxylic acids is 4. The summed E-state index contributed by atoms with van der Waals surface area (Å²) >= 11 is 0. The summed E-state index contributed by atoms with van der Waals surface area (Å²) in [6, 6.07) is 0. The van der Waals surface area contributed by atoms with Gasteiger partial charge in [-0.25, -0.2) is 4.79 Å². The molecule has 2 saturated carbocycles. The maximum absolute atomic E-state index is 13.3. The van der Waals surface area contributed by atoms with Crippen LogP contribution in [0.25, 0.3) is 0 Å². The van der Waals surface area contributed by atoms with Gasteiger partial charge in [0.2, 0.25) is 0 Å². The number of hydrogen-bond donors (Lipinski definition) is 3. The van der Waals surface area contributed by atoms with E-state index >= 15 is 0 Å². The number of methoxy groups -OCH3 is 1. The zero-order valence-corrected chi connectivity index (χ0v) is 19.9. The molecule has 10 nitrogen and oxygen atoms in total. The molecule has 3 aliphatic carbocycles. The minimum absolute atomic E-state index is 0.105. The molecule has 2 heterocycles. The molecule has 3 N–H and O–H groups in total. The fourth-order valence-electron chi connectivity index (χ4n) is 8.43. The molecule has 2 unspecified atom stereocenters. The predicted molar refractivity (Wildman–Crippen MR) is 116 cm³/mol. The molecule has 0 aromatic heterocycles. The second-order valence-electron chi connectivity index (χ2n) is 10.9. The largest absolute Gasteiger partial charge is 0.504 e. The number of esters is 2. The molecule has 0 aromatic rings. The molecule has 2 saturated heterocycles. The van der Waals surface area contributed by atoms with Crippen LogP contribution in [-0.4, -0.2) is 76.5 Å². The van der Waals surface area contributed by atoms with Crippen molar-refractivity contribution in [3.8, 4) is 0 Å². The summed E-state index contributed by atoms with van der Waals surface area (Å²) in [6.07, 6.45) is -3.29. The molecule has 2 bridgehead atoms. The van der Waals surface area contributed by atoms with Gasteiger partial charge in [0, 0.05) is 30.1 Å². The Hall–Kier alpha value is -2.56. The number of fused-ring (bicyclic) bond motifs is 2. The van der Waals surface area contributed by atoms with Crippen molar-refractivity contribution in [1.82, 2.24) is 0 Å². The summed E-state index contributed by atoms with van der Waals surface area (Å²) in [5.41, 5.74) is -3.79. The number of hydrogen-bond acceptors (Lipinski definition) is 10. The Bertz CT molecular complexity index is 1080. The number of rotatable bonds is 4. The van der Waals surface area contributed by atoms with E-state index in [-0.39, 0.29) is 31.6 Å². The van der Waals surface area contributed by atoms with Gasteiger partial charge in [-0.15, -0.1) is 0 Å². The van der Waals surface area contributed by atoms with Crippen molar-refractivity contribution in [2.24, 2.45) is 34.5 Å². The van der Waals surface area contributed by atoms with E-state index in [9.17, 15) is 34.5 Å². The lowest BCUT2D eigenvalue weighted by Gasteiger charge is -2.67. The van der Waals surface area contributed by atoms with Gasteiger partial charge >= 0.3 is 11.9 Å². The Morgan fingerprint density at radius 1 is 1.26 bits per heavy atom. The van der Waals surface area contributed by atoms with E-state index in [0.29, 0.717) is 5.57 Å². The normalized spacial score (nSPS) is 48.0. The Labute approximate surface area is 201 Å². The molecule has 2 aliphatic heterocycles. The number of allylic oxidation sites excluding steroid dienone is 3. The number of Topliss-reactive ketones (excluding diaryl/α,β-unsaturated/α-hetero) is 1. The highest BCUT2D eigenvalue weighted by atomic mass is 16.6. The van der Waals surface area contributed by atoms with Crippen LogP contribution in [0.1, 0.15) is 33.1 Å². The topological polar surface area (TPSA) is 157 Å². The molecule has 0 aromatic carbocycles. The van der Waals surface area contributed by atoms with Crippen LogP contribution in [0.5, 0.6) is 0 Å².